The molecule has 4 heteroatoms. The molecule has 3 nitrogen and oxygen atoms in total. The molecule has 2 aromatic carbocycles. The lowest BCUT2D eigenvalue weighted by molar-refractivity contribution is 0.597. The van der Waals surface area contributed by atoms with Gasteiger partial charge in [-0.1, -0.05) is 43.3 Å². The Bertz CT molecular complexity index is 753. The van der Waals surface area contributed by atoms with Crippen molar-refractivity contribution >= 4 is 15.5 Å². The Labute approximate surface area is 125 Å². The van der Waals surface area contributed by atoms with Crippen molar-refractivity contribution in [1.29, 1.82) is 0 Å². The monoisotopic (exact) mass is 301 g/mol. The fourth-order valence-electron chi connectivity index (χ4n) is 2.91. The topological polar surface area (TPSA) is 46.2 Å². The van der Waals surface area contributed by atoms with Gasteiger partial charge in [-0.15, -0.1) is 0 Å². The van der Waals surface area contributed by atoms with Gasteiger partial charge in [-0.3, -0.25) is 0 Å². The van der Waals surface area contributed by atoms with Crippen LogP contribution >= 0.6 is 0 Å². The van der Waals surface area contributed by atoms with Crippen molar-refractivity contribution in [3.8, 4) is 0 Å². The lowest BCUT2D eigenvalue weighted by atomic mass is 10.1. The molecule has 1 aliphatic carbocycles. The highest BCUT2D eigenvalue weighted by Crippen LogP contribution is 2.35. The number of sulfone groups is 1. The molecule has 0 heterocycles. The van der Waals surface area contributed by atoms with E-state index in [9.17, 15) is 8.42 Å². The predicted octanol–water partition coefficient (Wildman–Crippen LogP) is 3.58. The molecule has 0 bridgehead atoms. The van der Waals surface area contributed by atoms with Crippen LogP contribution in [0, 0.1) is 0 Å². The van der Waals surface area contributed by atoms with E-state index in [-0.39, 0.29) is 11.8 Å². The van der Waals surface area contributed by atoms with E-state index in [0.29, 0.717) is 10.6 Å². The first-order chi connectivity index (χ1) is 10.1. The minimum atomic E-state index is -3.21. The third kappa shape index (κ3) is 2.68. The average Bonchev–Trinajstić information content (AvgIpc) is 2.91. The zero-order valence-electron chi connectivity index (χ0n) is 12.0. The van der Waals surface area contributed by atoms with Crippen molar-refractivity contribution in [2.45, 2.75) is 30.7 Å². The number of benzene rings is 2. The minimum absolute atomic E-state index is 0.118. The molecule has 1 aliphatic rings. The summed E-state index contributed by atoms with van der Waals surface area (Å²) in [7, 11) is -3.21. The van der Waals surface area contributed by atoms with Gasteiger partial charge in [0.1, 0.15) is 0 Å². The van der Waals surface area contributed by atoms with Crippen LogP contribution in [0.5, 0.6) is 0 Å². The summed E-state index contributed by atoms with van der Waals surface area (Å²) in [4.78, 5) is 0.400. The van der Waals surface area contributed by atoms with Gasteiger partial charge >= 0.3 is 0 Å². The van der Waals surface area contributed by atoms with E-state index in [1.54, 1.807) is 19.1 Å². The van der Waals surface area contributed by atoms with Gasteiger partial charge < -0.3 is 5.32 Å². The molecule has 2 aromatic rings. The van der Waals surface area contributed by atoms with E-state index in [1.807, 2.05) is 18.2 Å². The SMILES string of the molecule is CCS(=O)(=O)c1ccccc1NC1CCc2ccccc21. The lowest BCUT2D eigenvalue weighted by Gasteiger charge is -2.18. The van der Waals surface area contributed by atoms with Crippen LogP contribution in [-0.4, -0.2) is 14.2 Å². The summed E-state index contributed by atoms with van der Waals surface area (Å²) in [6.07, 6.45) is 2.04. The lowest BCUT2D eigenvalue weighted by Crippen LogP contribution is -2.12. The van der Waals surface area contributed by atoms with Gasteiger partial charge in [-0.25, -0.2) is 8.42 Å². The molecule has 1 N–H and O–H groups in total. The predicted molar refractivity (Wildman–Crippen MR) is 85.3 cm³/mol. The summed E-state index contributed by atoms with van der Waals surface area (Å²) in [5.41, 5.74) is 3.34. The average molecular weight is 301 g/mol. The van der Waals surface area contributed by atoms with E-state index in [2.05, 4.69) is 23.5 Å². The number of para-hydroxylation sites is 1. The fourth-order valence-corrected chi connectivity index (χ4v) is 3.97. The van der Waals surface area contributed by atoms with Gasteiger partial charge in [0.25, 0.3) is 0 Å². The van der Waals surface area contributed by atoms with E-state index in [4.69, 9.17) is 0 Å². The molecule has 1 unspecified atom stereocenters. The maximum atomic E-state index is 12.2. The van der Waals surface area contributed by atoms with Gasteiger partial charge in [0.05, 0.1) is 22.4 Å². The van der Waals surface area contributed by atoms with E-state index in [1.165, 1.54) is 11.1 Å². The number of hydrogen-bond acceptors (Lipinski definition) is 3. The van der Waals surface area contributed by atoms with Crippen molar-refractivity contribution in [3.05, 3.63) is 59.7 Å². The first-order valence-corrected chi connectivity index (χ1v) is 8.93. The molecule has 0 saturated heterocycles. The van der Waals surface area contributed by atoms with Crippen LogP contribution in [0.3, 0.4) is 0 Å². The molecule has 0 spiro atoms. The maximum Gasteiger partial charge on any atom is 0.180 e. The number of hydrogen-bond donors (Lipinski definition) is 1. The number of nitrogens with one attached hydrogen (secondary N) is 1. The maximum absolute atomic E-state index is 12.2. The molecule has 3 rings (SSSR count). The standard InChI is InChI=1S/C17H19NO2S/c1-2-21(19,20)17-10-6-5-9-16(17)18-15-12-11-13-7-3-4-8-14(13)15/h3-10,15,18H,2,11-12H2,1H3. The Kier molecular flexibility index (Phi) is 3.72. The van der Waals surface area contributed by atoms with Crippen molar-refractivity contribution in [2.75, 3.05) is 11.1 Å². The molecule has 0 radical (unpaired) electrons. The molecule has 0 aromatic heterocycles. The van der Waals surface area contributed by atoms with E-state index < -0.39 is 9.84 Å². The molecule has 1 atom stereocenters. The smallest absolute Gasteiger partial charge is 0.180 e. The summed E-state index contributed by atoms with van der Waals surface area (Å²) in [6.45, 7) is 1.68. The van der Waals surface area contributed by atoms with Crippen LogP contribution in [0.4, 0.5) is 5.69 Å². The molecule has 0 aliphatic heterocycles. The Morgan fingerprint density at radius 3 is 2.62 bits per heavy atom. The number of rotatable bonds is 4. The normalized spacial score (nSPS) is 17.5. The molecule has 110 valence electrons. The summed E-state index contributed by atoms with van der Waals surface area (Å²) in [6, 6.07) is 15.7. The second kappa shape index (κ2) is 5.53. The van der Waals surface area contributed by atoms with Crippen molar-refractivity contribution in [1.82, 2.24) is 0 Å². The first kappa shape index (κ1) is 14.1. The van der Waals surface area contributed by atoms with Gasteiger partial charge in [0.15, 0.2) is 9.84 Å². The largest absolute Gasteiger partial charge is 0.377 e. The highest BCUT2D eigenvalue weighted by atomic mass is 32.2. The Hall–Kier alpha value is -1.81. The van der Waals surface area contributed by atoms with Gasteiger partial charge in [-0.2, -0.15) is 0 Å². The molecule has 21 heavy (non-hydrogen) atoms. The van der Waals surface area contributed by atoms with Crippen LogP contribution < -0.4 is 5.32 Å². The Balaban J connectivity index is 1.94. The van der Waals surface area contributed by atoms with Crippen LogP contribution in [-0.2, 0) is 16.3 Å². The van der Waals surface area contributed by atoms with Gasteiger partial charge in [-0.05, 0) is 36.1 Å². The first-order valence-electron chi connectivity index (χ1n) is 7.28. The highest BCUT2D eigenvalue weighted by molar-refractivity contribution is 7.91. The van der Waals surface area contributed by atoms with Gasteiger partial charge in [0, 0.05) is 0 Å². The minimum Gasteiger partial charge on any atom is -0.377 e. The Morgan fingerprint density at radius 1 is 1.10 bits per heavy atom. The van der Waals surface area contributed by atoms with Crippen LogP contribution in [0.15, 0.2) is 53.4 Å². The van der Waals surface area contributed by atoms with Crippen LogP contribution in [0.25, 0.3) is 0 Å². The molecular weight excluding hydrogens is 282 g/mol. The second-order valence-corrected chi connectivity index (χ2v) is 7.58. The number of anilines is 1. The molecule has 0 saturated carbocycles. The summed E-state index contributed by atoms with van der Waals surface area (Å²) in [5.74, 6) is 0.118. The number of aryl methyl sites for hydroxylation is 1. The van der Waals surface area contributed by atoms with E-state index in [0.717, 1.165) is 12.8 Å². The third-order valence-corrected chi connectivity index (χ3v) is 5.85. The quantitative estimate of drug-likeness (QED) is 0.939. The van der Waals surface area contributed by atoms with Crippen molar-refractivity contribution < 1.29 is 8.42 Å². The molecule has 0 fully saturated rings. The highest BCUT2D eigenvalue weighted by Gasteiger charge is 2.24. The third-order valence-electron chi connectivity index (χ3n) is 4.06. The van der Waals surface area contributed by atoms with Crippen molar-refractivity contribution in [3.63, 3.8) is 0 Å². The summed E-state index contributed by atoms with van der Waals surface area (Å²) in [5, 5.41) is 3.43. The second-order valence-electron chi connectivity index (χ2n) is 5.33. The summed E-state index contributed by atoms with van der Waals surface area (Å²) < 4.78 is 24.4. The summed E-state index contributed by atoms with van der Waals surface area (Å²) >= 11 is 0. The fraction of sp³-hybridized carbons (Fsp3) is 0.294. The number of fused-ring (bicyclic) bond motifs is 1. The van der Waals surface area contributed by atoms with Gasteiger partial charge in [0.2, 0.25) is 0 Å². The zero-order valence-corrected chi connectivity index (χ0v) is 12.9. The van der Waals surface area contributed by atoms with Crippen molar-refractivity contribution in [2.24, 2.45) is 0 Å². The zero-order chi connectivity index (χ0) is 14.9. The Morgan fingerprint density at radius 2 is 1.81 bits per heavy atom. The molecule has 0 amide bonds. The van der Waals surface area contributed by atoms with Crippen LogP contribution in [0.2, 0.25) is 0 Å². The molecular formula is C17H19NO2S. The van der Waals surface area contributed by atoms with E-state index >= 15 is 0 Å². The van der Waals surface area contributed by atoms with Crippen LogP contribution in [0.1, 0.15) is 30.5 Å².